The van der Waals surface area contributed by atoms with Gasteiger partial charge in [-0.15, -0.1) is 0 Å². The predicted molar refractivity (Wildman–Crippen MR) is 95.3 cm³/mol. The van der Waals surface area contributed by atoms with Crippen LogP contribution in [0.25, 0.3) is 0 Å². The molecule has 128 valence electrons. The molecular formula is C20H20N2O3. The number of nitrogens with one attached hydrogen (secondary N) is 1. The number of pyridine rings is 1. The molecule has 0 unspecified atom stereocenters. The lowest BCUT2D eigenvalue weighted by molar-refractivity contribution is 0.0952. The van der Waals surface area contributed by atoms with Crippen molar-refractivity contribution in [3.05, 3.63) is 63.1 Å². The van der Waals surface area contributed by atoms with Gasteiger partial charge < -0.3 is 9.88 Å². The molecular weight excluding hydrogens is 316 g/mol. The number of carbonyl (C=O) groups excluding carboxylic acids is 2. The lowest BCUT2D eigenvalue weighted by Crippen LogP contribution is -2.39. The zero-order valence-electron chi connectivity index (χ0n) is 14.3. The molecule has 0 bridgehead atoms. The molecule has 2 atom stereocenters. The summed E-state index contributed by atoms with van der Waals surface area (Å²) in [5, 5.41) is 0. The van der Waals surface area contributed by atoms with Crippen LogP contribution in [0.15, 0.2) is 35.1 Å². The normalized spacial score (nSPS) is 21.8. The van der Waals surface area contributed by atoms with Crippen molar-refractivity contribution in [1.82, 2.24) is 4.98 Å². The molecule has 2 heterocycles. The molecule has 4 rings (SSSR count). The fourth-order valence-corrected chi connectivity index (χ4v) is 3.99. The minimum Gasteiger partial charge on any atom is -0.325 e. The molecule has 5 nitrogen and oxygen atoms in total. The number of amides is 1. The van der Waals surface area contributed by atoms with Crippen LogP contribution in [0.1, 0.15) is 52.2 Å². The van der Waals surface area contributed by atoms with E-state index in [4.69, 9.17) is 0 Å². The SMILES string of the molecule is C[C@H]1CC(=O)c2cc(C(=O)N3c4ccccc4C[C@H]3C)c(=O)[nH]c2C1. The van der Waals surface area contributed by atoms with Gasteiger partial charge >= 0.3 is 0 Å². The number of ketones is 1. The van der Waals surface area contributed by atoms with E-state index in [2.05, 4.69) is 4.98 Å². The van der Waals surface area contributed by atoms with E-state index in [1.807, 2.05) is 38.1 Å². The molecule has 1 aromatic heterocycles. The Bertz CT molecular complexity index is 944. The van der Waals surface area contributed by atoms with Crippen LogP contribution in [0.5, 0.6) is 0 Å². The first-order valence-corrected chi connectivity index (χ1v) is 8.66. The first-order valence-electron chi connectivity index (χ1n) is 8.66. The number of aromatic nitrogens is 1. The van der Waals surface area contributed by atoms with Crippen LogP contribution in [0.3, 0.4) is 0 Å². The molecule has 25 heavy (non-hydrogen) atoms. The van der Waals surface area contributed by atoms with Gasteiger partial charge in [0.25, 0.3) is 11.5 Å². The first kappa shape index (κ1) is 15.8. The van der Waals surface area contributed by atoms with Crippen molar-refractivity contribution >= 4 is 17.4 Å². The first-order chi connectivity index (χ1) is 12.0. The van der Waals surface area contributed by atoms with Crippen LogP contribution >= 0.6 is 0 Å². The van der Waals surface area contributed by atoms with E-state index in [1.54, 1.807) is 4.90 Å². The topological polar surface area (TPSA) is 70.2 Å². The van der Waals surface area contributed by atoms with Crippen molar-refractivity contribution in [2.75, 3.05) is 4.90 Å². The number of benzene rings is 1. The Balaban J connectivity index is 1.78. The monoisotopic (exact) mass is 336 g/mol. The summed E-state index contributed by atoms with van der Waals surface area (Å²) in [5.41, 5.74) is 2.72. The Morgan fingerprint density at radius 2 is 1.88 bits per heavy atom. The quantitative estimate of drug-likeness (QED) is 0.870. The van der Waals surface area contributed by atoms with Gasteiger partial charge in [0.05, 0.1) is 0 Å². The molecule has 1 aliphatic heterocycles. The van der Waals surface area contributed by atoms with Crippen LogP contribution in [0.2, 0.25) is 0 Å². The number of carbonyl (C=O) groups is 2. The Morgan fingerprint density at radius 3 is 2.68 bits per heavy atom. The average molecular weight is 336 g/mol. The highest BCUT2D eigenvalue weighted by Crippen LogP contribution is 2.33. The molecule has 0 saturated carbocycles. The van der Waals surface area contributed by atoms with Gasteiger partial charge in [-0.1, -0.05) is 25.1 Å². The maximum atomic E-state index is 13.1. The Kier molecular flexibility index (Phi) is 3.60. The van der Waals surface area contributed by atoms with E-state index in [-0.39, 0.29) is 29.2 Å². The number of para-hydroxylation sites is 1. The van der Waals surface area contributed by atoms with Crippen molar-refractivity contribution in [3.8, 4) is 0 Å². The van der Waals surface area contributed by atoms with Gasteiger partial charge in [-0.3, -0.25) is 14.4 Å². The van der Waals surface area contributed by atoms with E-state index < -0.39 is 5.56 Å². The van der Waals surface area contributed by atoms with Gasteiger partial charge in [0.1, 0.15) is 5.56 Å². The highest BCUT2D eigenvalue weighted by atomic mass is 16.2. The van der Waals surface area contributed by atoms with Gasteiger partial charge in [-0.25, -0.2) is 0 Å². The van der Waals surface area contributed by atoms with Crippen LogP contribution in [-0.2, 0) is 12.8 Å². The minimum atomic E-state index is -0.415. The Labute approximate surface area is 145 Å². The second-order valence-electron chi connectivity index (χ2n) is 7.20. The van der Waals surface area contributed by atoms with Gasteiger partial charge in [-0.05, 0) is 43.4 Å². The lowest BCUT2D eigenvalue weighted by atomic mass is 9.86. The summed E-state index contributed by atoms with van der Waals surface area (Å²) in [7, 11) is 0. The number of aromatic amines is 1. The fourth-order valence-electron chi connectivity index (χ4n) is 3.99. The number of fused-ring (bicyclic) bond motifs is 2. The highest BCUT2D eigenvalue weighted by molar-refractivity contribution is 6.09. The van der Waals surface area contributed by atoms with Crippen molar-refractivity contribution < 1.29 is 9.59 Å². The third-order valence-electron chi connectivity index (χ3n) is 5.17. The number of Topliss-reactive ketones (excluding diaryl/α,β-unsaturated/α-hetero) is 1. The third kappa shape index (κ3) is 2.51. The Morgan fingerprint density at radius 1 is 1.12 bits per heavy atom. The molecule has 1 N–H and O–H groups in total. The molecule has 2 aromatic rings. The minimum absolute atomic E-state index is 0.00563. The number of H-pyrrole nitrogens is 1. The van der Waals surface area contributed by atoms with Gasteiger partial charge in [0.2, 0.25) is 0 Å². The van der Waals surface area contributed by atoms with Crippen molar-refractivity contribution in [2.24, 2.45) is 5.92 Å². The summed E-state index contributed by atoms with van der Waals surface area (Å²) in [6.07, 6.45) is 1.88. The number of rotatable bonds is 1. The van der Waals surface area contributed by atoms with E-state index in [1.165, 1.54) is 6.07 Å². The summed E-state index contributed by atoms with van der Waals surface area (Å²) in [6, 6.07) is 9.22. The van der Waals surface area contributed by atoms with E-state index in [9.17, 15) is 14.4 Å². The van der Waals surface area contributed by atoms with Crippen LogP contribution < -0.4 is 10.5 Å². The van der Waals surface area contributed by atoms with Gasteiger partial charge in [-0.2, -0.15) is 0 Å². The van der Waals surface area contributed by atoms with E-state index in [0.717, 1.165) is 17.7 Å². The maximum absolute atomic E-state index is 13.1. The standard InChI is InChI=1S/C20H20N2O3/c1-11-7-16-14(18(23)8-11)10-15(19(24)21-16)20(25)22-12(2)9-13-5-3-4-6-17(13)22/h3-6,10-12H,7-9H2,1-2H3,(H,21,24)/t11-,12-/m1/s1. The Hall–Kier alpha value is -2.69. The molecule has 0 fully saturated rings. The largest absolute Gasteiger partial charge is 0.325 e. The summed E-state index contributed by atoms with van der Waals surface area (Å²) in [5.74, 6) is -0.135. The average Bonchev–Trinajstić information content (AvgIpc) is 2.89. The van der Waals surface area contributed by atoms with Crippen LogP contribution in [-0.4, -0.2) is 22.7 Å². The van der Waals surface area contributed by atoms with E-state index >= 15 is 0 Å². The molecule has 1 amide bonds. The maximum Gasteiger partial charge on any atom is 0.264 e. The summed E-state index contributed by atoms with van der Waals surface area (Å²) in [6.45, 7) is 3.96. The fraction of sp³-hybridized carbons (Fsp3) is 0.350. The number of nitrogens with zero attached hydrogens (tertiary/aromatic N) is 1. The second kappa shape index (κ2) is 5.69. The smallest absolute Gasteiger partial charge is 0.264 e. The zero-order valence-corrected chi connectivity index (χ0v) is 14.3. The molecule has 2 aliphatic rings. The predicted octanol–water partition coefficient (Wildman–Crippen LogP) is 2.73. The molecule has 0 radical (unpaired) electrons. The zero-order chi connectivity index (χ0) is 17.7. The van der Waals surface area contributed by atoms with Crippen molar-refractivity contribution in [2.45, 2.75) is 39.2 Å². The number of hydrogen-bond donors (Lipinski definition) is 1. The molecule has 5 heteroatoms. The molecule has 1 aromatic carbocycles. The van der Waals surface area contributed by atoms with Crippen LogP contribution in [0, 0.1) is 5.92 Å². The van der Waals surface area contributed by atoms with Crippen LogP contribution in [0.4, 0.5) is 5.69 Å². The summed E-state index contributed by atoms with van der Waals surface area (Å²) < 4.78 is 0. The number of hydrogen-bond acceptors (Lipinski definition) is 3. The highest BCUT2D eigenvalue weighted by Gasteiger charge is 2.33. The summed E-state index contributed by atoms with van der Waals surface area (Å²) in [4.78, 5) is 42.4. The van der Waals surface area contributed by atoms with Gasteiger partial charge in [0, 0.05) is 29.4 Å². The lowest BCUT2D eigenvalue weighted by Gasteiger charge is -2.24. The second-order valence-corrected chi connectivity index (χ2v) is 7.20. The van der Waals surface area contributed by atoms with Crippen molar-refractivity contribution in [1.29, 1.82) is 0 Å². The molecule has 1 aliphatic carbocycles. The van der Waals surface area contributed by atoms with Gasteiger partial charge in [0.15, 0.2) is 5.78 Å². The summed E-state index contributed by atoms with van der Waals surface area (Å²) >= 11 is 0. The number of anilines is 1. The third-order valence-corrected chi connectivity index (χ3v) is 5.17. The van der Waals surface area contributed by atoms with E-state index in [0.29, 0.717) is 24.1 Å². The molecule has 0 spiro atoms. The molecule has 0 saturated heterocycles. The van der Waals surface area contributed by atoms with Crippen molar-refractivity contribution in [3.63, 3.8) is 0 Å².